The summed E-state index contributed by atoms with van der Waals surface area (Å²) in [6.45, 7) is -1.23. The number of rotatable bonds is 14. The van der Waals surface area contributed by atoms with Crippen molar-refractivity contribution in [2.24, 2.45) is 0 Å². The number of nitro benzene ring substituents is 2. The van der Waals surface area contributed by atoms with Gasteiger partial charge in [0.15, 0.2) is 13.2 Å². The summed E-state index contributed by atoms with van der Waals surface area (Å²) in [5.74, 6) is -1.45. The Balaban J connectivity index is 1.50. The molecule has 0 heterocycles. The number of nitro groups is 2. The summed E-state index contributed by atoms with van der Waals surface area (Å²) in [4.78, 5) is 47.9. The first-order valence-electron chi connectivity index (χ1n) is 18.9. The standard InChI is InChI=1S/C46H38N2O12/c49-41(50)27-59-45-35-17-31-13-7-14-32(43(31)57-25-29-9-3-1-4-10-29)18-36-22-40(48(55)56)24-38(46(36)60-28-42(51)52)20-34-16-8-15-33(19-37(45)23-39(21-35)47(53)54)44(34)58-26-30-11-5-2-6-12-30/h1-16,21-24H,17-20,25-28H2,(H,49,50)(H,51,52). The molecule has 6 aromatic carbocycles. The van der Waals surface area contributed by atoms with Crippen LogP contribution in [0.25, 0.3) is 0 Å². The number of carbonyl (C=O) groups is 2. The zero-order valence-electron chi connectivity index (χ0n) is 32.1. The van der Waals surface area contributed by atoms with E-state index in [1.54, 1.807) is 36.4 Å². The molecular formula is C46H38N2O12. The summed E-state index contributed by atoms with van der Waals surface area (Å²) < 4.78 is 25.1. The average Bonchev–Trinajstić information content (AvgIpc) is 3.22. The monoisotopic (exact) mass is 810 g/mol. The predicted octanol–water partition coefficient (Wildman–Crippen LogP) is 8.26. The molecule has 304 valence electrons. The average molecular weight is 811 g/mol. The van der Waals surface area contributed by atoms with Crippen molar-refractivity contribution >= 4 is 23.3 Å². The van der Waals surface area contributed by atoms with Gasteiger partial charge in [0, 0.05) is 72.2 Å². The number of fused-ring (bicyclic) bond motifs is 8. The lowest BCUT2D eigenvalue weighted by atomic mass is 9.90. The van der Waals surface area contributed by atoms with E-state index >= 15 is 0 Å². The molecule has 2 N–H and O–H groups in total. The molecule has 6 aromatic rings. The van der Waals surface area contributed by atoms with Crippen LogP contribution in [0.1, 0.15) is 55.6 Å². The number of hydrogen-bond donors (Lipinski definition) is 2. The minimum Gasteiger partial charge on any atom is -0.488 e. The number of hydrogen-bond acceptors (Lipinski definition) is 10. The van der Waals surface area contributed by atoms with E-state index in [1.807, 2.05) is 60.7 Å². The molecule has 60 heavy (non-hydrogen) atoms. The van der Waals surface area contributed by atoms with E-state index in [0.29, 0.717) is 56.0 Å². The summed E-state index contributed by atoms with van der Waals surface area (Å²) in [6.07, 6.45) is -0.0494. The zero-order chi connectivity index (χ0) is 42.2. The number of non-ortho nitro benzene ring substituents is 2. The Morgan fingerprint density at radius 2 is 0.750 bits per heavy atom. The molecule has 0 aliphatic heterocycles. The van der Waals surface area contributed by atoms with Gasteiger partial charge in [0.25, 0.3) is 11.4 Å². The lowest BCUT2D eigenvalue weighted by Crippen LogP contribution is -2.14. The highest BCUT2D eigenvalue weighted by atomic mass is 16.6. The van der Waals surface area contributed by atoms with Crippen LogP contribution in [0.2, 0.25) is 0 Å². The van der Waals surface area contributed by atoms with Crippen molar-refractivity contribution in [3.05, 3.63) is 197 Å². The number of carboxylic acid groups (broad SMARTS) is 2. The van der Waals surface area contributed by atoms with Crippen LogP contribution in [0, 0.1) is 20.2 Å². The van der Waals surface area contributed by atoms with Crippen molar-refractivity contribution in [2.45, 2.75) is 38.9 Å². The quantitative estimate of drug-likeness (QED) is 0.0789. The number of aliphatic carboxylic acids is 2. The Hall–Kier alpha value is -7.74. The van der Waals surface area contributed by atoms with Crippen LogP contribution in [0.5, 0.6) is 23.0 Å². The van der Waals surface area contributed by atoms with E-state index in [2.05, 4.69) is 0 Å². The molecule has 0 fully saturated rings. The predicted molar refractivity (Wildman–Crippen MR) is 218 cm³/mol. The fraction of sp³-hybridized carbons (Fsp3) is 0.174. The van der Waals surface area contributed by atoms with Crippen molar-refractivity contribution in [3.63, 3.8) is 0 Å². The van der Waals surface area contributed by atoms with Crippen LogP contribution in [-0.2, 0) is 48.5 Å². The first kappa shape index (κ1) is 40.5. The number of benzene rings is 6. The fourth-order valence-corrected chi connectivity index (χ4v) is 7.33. The van der Waals surface area contributed by atoms with Crippen LogP contribution >= 0.6 is 0 Å². The maximum Gasteiger partial charge on any atom is 0.341 e. The van der Waals surface area contributed by atoms with Crippen molar-refractivity contribution < 1.29 is 48.6 Å². The first-order valence-corrected chi connectivity index (χ1v) is 18.9. The van der Waals surface area contributed by atoms with Crippen molar-refractivity contribution in [1.82, 2.24) is 0 Å². The van der Waals surface area contributed by atoms with Gasteiger partial charge in [-0.15, -0.1) is 0 Å². The van der Waals surface area contributed by atoms with Crippen molar-refractivity contribution in [2.75, 3.05) is 13.2 Å². The number of nitrogens with zero attached hydrogens (tertiary/aromatic N) is 2. The van der Waals surface area contributed by atoms with E-state index in [1.165, 1.54) is 24.3 Å². The Bertz CT molecular complexity index is 2310. The number of para-hydroxylation sites is 2. The highest BCUT2D eigenvalue weighted by Gasteiger charge is 2.26. The highest BCUT2D eigenvalue weighted by molar-refractivity contribution is 5.70. The molecule has 0 spiro atoms. The lowest BCUT2D eigenvalue weighted by Gasteiger charge is -2.22. The minimum absolute atomic E-state index is 0.0123. The first-order chi connectivity index (χ1) is 29.0. The van der Waals surface area contributed by atoms with Gasteiger partial charge in [-0.3, -0.25) is 20.2 Å². The SMILES string of the molecule is O=C(O)COc1c2cc([N+](=O)[O-])cc1Cc1cccc(c1OCc1ccccc1)Cc1cc([N+](=O)[O-])cc(c1OCC(=O)O)Cc1cccc(c1OCc1ccccc1)C2. The molecular weight excluding hydrogens is 773 g/mol. The number of ether oxygens (including phenoxy) is 4. The van der Waals surface area contributed by atoms with Crippen LogP contribution in [-0.4, -0.2) is 45.2 Å². The van der Waals surface area contributed by atoms with Crippen molar-refractivity contribution in [3.8, 4) is 23.0 Å². The van der Waals surface area contributed by atoms with Crippen LogP contribution < -0.4 is 18.9 Å². The fourth-order valence-electron chi connectivity index (χ4n) is 7.33. The second-order valence-electron chi connectivity index (χ2n) is 14.1. The Morgan fingerprint density at radius 3 is 1.03 bits per heavy atom. The molecule has 7 rings (SSSR count). The van der Waals surface area contributed by atoms with Gasteiger partial charge in [-0.1, -0.05) is 97.1 Å². The molecule has 8 bridgehead atoms. The molecule has 0 aromatic heterocycles. The molecule has 0 atom stereocenters. The molecule has 14 nitrogen and oxygen atoms in total. The molecule has 14 heteroatoms. The molecule has 0 saturated heterocycles. The van der Waals surface area contributed by atoms with Gasteiger partial charge in [-0.25, -0.2) is 9.59 Å². The molecule has 1 aliphatic rings. The van der Waals surface area contributed by atoms with Crippen molar-refractivity contribution in [1.29, 1.82) is 0 Å². The van der Waals surface area contributed by atoms with Gasteiger partial charge in [0.1, 0.15) is 36.2 Å². The van der Waals surface area contributed by atoms with Crippen LogP contribution in [0.15, 0.2) is 121 Å². The lowest BCUT2D eigenvalue weighted by molar-refractivity contribution is -0.385. The van der Waals surface area contributed by atoms with Crippen LogP contribution in [0.4, 0.5) is 11.4 Å². The maximum absolute atomic E-state index is 12.5. The third kappa shape index (κ3) is 9.68. The smallest absolute Gasteiger partial charge is 0.341 e. The molecule has 0 radical (unpaired) electrons. The van der Waals surface area contributed by atoms with E-state index in [4.69, 9.17) is 18.9 Å². The normalized spacial score (nSPS) is 11.9. The Labute approximate surface area is 343 Å². The topological polar surface area (TPSA) is 198 Å². The van der Waals surface area contributed by atoms with Gasteiger partial charge in [-0.05, 0) is 33.4 Å². The zero-order valence-corrected chi connectivity index (χ0v) is 32.1. The number of carboxylic acids is 2. The third-order valence-corrected chi connectivity index (χ3v) is 9.89. The van der Waals surface area contributed by atoms with E-state index in [-0.39, 0.29) is 61.8 Å². The van der Waals surface area contributed by atoms with Gasteiger partial charge in [-0.2, -0.15) is 0 Å². The van der Waals surface area contributed by atoms with E-state index < -0.39 is 35.0 Å². The molecule has 0 amide bonds. The summed E-state index contributed by atoms with van der Waals surface area (Å²) >= 11 is 0. The van der Waals surface area contributed by atoms with Gasteiger partial charge >= 0.3 is 11.9 Å². The minimum atomic E-state index is -1.24. The summed E-state index contributed by atoms with van der Waals surface area (Å²) in [7, 11) is 0. The highest BCUT2D eigenvalue weighted by Crippen LogP contribution is 2.41. The van der Waals surface area contributed by atoms with E-state index in [0.717, 1.165) is 11.1 Å². The molecule has 0 unspecified atom stereocenters. The molecule has 0 saturated carbocycles. The maximum atomic E-state index is 12.5. The Kier molecular flexibility index (Phi) is 12.3. The van der Waals surface area contributed by atoms with Gasteiger partial charge in [0.2, 0.25) is 0 Å². The summed E-state index contributed by atoms with van der Waals surface area (Å²) in [5.41, 5.74) is 4.67. The van der Waals surface area contributed by atoms with E-state index in [9.17, 15) is 40.0 Å². The summed E-state index contributed by atoms with van der Waals surface area (Å²) in [5, 5.41) is 44.5. The van der Waals surface area contributed by atoms with Gasteiger partial charge < -0.3 is 29.2 Å². The van der Waals surface area contributed by atoms with Gasteiger partial charge in [0.05, 0.1) is 9.85 Å². The molecule has 1 aliphatic carbocycles. The second-order valence-corrected chi connectivity index (χ2v) is 14.1. The third-order valence-electron chi connectivity index (χ3n) is 9.89. The Morgan fingerprint density at radius 1 is 0.450 bits per heavy atom. The second kappa shape index (κ2) is 18.2. The largest absolute Gasteiger partial charge is 0.488 e. The van der Waals surface area contributed by atoms with Crippen LogP contribution in [0.3, 0.4) is 0 Å². The summed E-state index contributed by atoms with van der Waals surface area (Å²) in [6, 6.07) is 34.7.